The van der Waals surface area contributed by atoms with Crippen molar-refractivity contribution in [1.29, 1.82) is 0 Å². The number of hydrogen-bond donors (Lipinski definition) is 0. The molecule has 0 atom stereocenters. The summed E-state index contributed by atoms with van der Waals surface area (Å²) in [6.07, 6.45) is 5.50. The fourth-order valence-electron chi connectivity index (χ4n) is 2.05. The second-order valence-electron chi connectivity index (χ2n) is 4.34. The van der Waals surface area contributed by atoms with Crippen LogP contribution < -0.4 is 0 Å². The van der Waals surface area contributed by atoms with Crippen molar-refractivity contribution >= 4 is 44.4 Å². The van der Waals surface area contributed by atoms with E-state index < -0.39 is 0 Å². The zero-order valence-corrected chi connectivity index (χ0v) is 13.0. The van der Waals surface area contributed by atoms with Crippen molar-refractivity contribution in [3.8, 4) is 0 Å². The Labute approximate surface area is 132 Å². The first kappa shape index (κ1) is 12.7. The number of pyridine rings is 3. The normalized spacial score (nSPS) is 11.3. The second-order valence-corrected chi connectivity index (χ2v) is 6.27. The van der Waals surface area contributed by atoms with Gasteiger partial charge in [0, 0.05) is 28.0 Å². The highest BCUT2D eigenvalue weighted by molar-refractivity contribution is 9.10. The first-order chi connectivity index (χ1) is 10.3. The maximum atomic E-state index is 4.45. The zero-order valence-electron chi connectivity index (χ0n) is 10.6. The highest BCUT2D eigenvalue weighted by Gasteiger charge is 2.10. The molecule has 0 aromatic carbocycles. The Morgan fingerprint density at radius 3 is 3.00 bits per heavy atom. The standard InChI is InChI=1S/C14H8BrN5S/c15-9-7-10-13(17-8-9)11(4-5-16-10)21-14-19-18-12-3-1-2-6-20(12)14/h1-8H. The Kier molecular flexibility index (Phi) is 3.08. The van der Waals surface area contributed by atoms with Gasteiger partial charge in [-0.25, -0.2) is 0 Å². The molecule has 0 N–H and O–H groups in total. The van der Waals surface area contributed by atoms with Gasteiger partial charge in [0.2, 0.25) is 5.16 Å². The summed E-state index contributed by atoms with van der Waals surface area (Å²) in [4.78, 5) is 9.80. The van der Waals surface area contributed by atoms with Crippen LogP contribution in [0.2, 0.25) is 0 Å². The monoisotopic (exact) mass is 357 g/mol. The average molecular weight is 358 g/mol. The molecule has 4 aromatic heterocycles. The number of fused-ring (bicyclic) bond motifs is 2. The largest absolute Gasteiger partial charge is 0.277 e. The van der Waals surface area contributed by atoms with Crippen LogP contribution in [-0.2, 0) is 0 Å². The van der Waals surface area contributed by atoms with Gasteiger partial charge in [-0.05, 0) is 52.0 Å². The first-order valence-corrected chi connectivity index (χ1v) is 7.80. The Bertz CT molecular complexity index is 952. The summed E-state index contributed by atoms with van der Waals surface area (Å²) in [5.41, 5.74) is 2.54. The Morgan fingerprint density at radius 2 is 2.05 bits per heavy atom. The highest BCUT2D eigenvalue weighted by Crippen LogP contribution is 2.31. The third kappa shape index (κ3) is 2.28. The van der Waals surface area contributed by atoms with Gasteiger partial charge < -0.3 is 0 Å². The lowest BCUT2D eigenvalue weighted by atomic mass is 10.3. The van der Waals surface area contributed by atoms with E-state index in [-0.39, 0.29) is 0 Å². The molecular formula is C14H8BrN5S. The van der Waals surface area contributed by atoms with E-state index in [9.17, 15) is 0 Å². The predicted octanol–water partition coefficient (Wildman–Crippen LogP) is 3.59. The molecule has 0 spiro atoms. The molecule has 0 fully saturated rings. The smallest absolute Gasteiger partial charge is 0.200 e. The van der Waals surface area contributed by atoms with Gasteiger partial charge in [0.05, 0.1) is 5.52 Å². The van der Waals surface area contributed by atoms with Crippen LogP contribution in [0.5, 0.6) is 0 Å². The summed E-state index contributed by atoms with van der Waals surface area (Å²) >= 11 is 4.95. The summed E-state index contributed by atoms with van der Waals surface area (Å²) < 4.78 is 2.87. The molecule has 5 nitrogen and oxygen atoms in total. The van der Waals surface area contributed by atoms with Gasteiger partial charge in [0.1, 0.15) is 5.52 Å². The molecule has 0 aliphatic heterocycles. The van der Waals surface area contributed by atoms with Crippen LogP contribution in [-0.4, -0.2) is 24.6 Å². The molecule has 4 rings (SSSR count). The quantitative estimate of drug-likeness (QED) is 0.548. The Balaban J connectivity index is 1.84. The third-order valence-corrected chi connectivity index (χ3v) is 4.43. The van der Waals surface area contributed by atoms with Crippen molar-refractivity contribution in [2.45, 2.75) is 10.1 Å². The molecule has 0 aliphatic carbocycles. The van der Waals surface area contributed by atoms with E-state index in [2.05, 4.69) is 36.1 Å². The summed E-state index contributed by atoms with van der Waals surface area (Å²) in [7, 11) is 0. The van der Waals surface area contributed by atoms with Crippen molar-refractivity contribution < 1.29 is 0 Å². The van der Waals surface area contributed by atoms with Crippen LogP contribution >= 0.6 is 27.7 Å². The lowest BCUT2D eigenvalue weighted by molar-refractivity contribution is 0.921. The van der Waals surface area contributed by atoms with Gasteiger partial charge in [-0.2, -0.15) is 0 Å². The van der Waals surface area contributed by atoms with E-state index in [1.54, 1.807) is 12.4 Å². The van der Waals surface area contributed by atoms with Crippen LogP contribution in [0, 0.1) is 0 Å². The van der Waals surface area contributed by atoms with E-state index in [0.29, 0.717) is 0 Å². The van der Waals surface area contributed by atoms with Crippen LogP contribution in [0.4, 0.5) is 0 Å². The van der Waals surface area contributed by atoms with Gasteiger partial charge in [-0.3, -0.25) is 14.4 Å². The summed E-state index contributed by atoms with van der Waals surface area (Å²) in [6, 6.07) is 9.73. The van der Waals surface area contributed by atoms with Crippen LogP contribution in [0.1, 0.15) is 0 Å². The minimum absolute atomic E-state index is 0.808. The molecule has 7 heteroatoms. The number of nitrogens with zero attached hydrogens (tertiary/aromatic N) is 5. The van der Waals surface area contributed by atoms with Crippen LogP contribution in [0.3, 0.4) is 0 Å². The summed E-state index contributed by atoms with van der Waals surface area (Å²) in [5.74, 6) is 0. The van der Waals surface area contributed by atoms with Crippen LogP contribution in [0.25, 0.3) is 16.7 Å². The molecule has 4 aromatic rings. The van der Waals surface area contributed by atoms with Crippen molar-refractivity contribution in [2.75, 3.05) is 0 Å². The molecule has 0 saturated heterocycles. The van der Waals surface area contributed by atoms with Crippen molar-refractivity contribution in [3.05, 3.63) is 53.4 Å². The second kappa shape index (κ2) is 5.09. The molecule has 102 valence electrons. The van der Waals surface area contributed by atoms with Gasteiger partial charge in [-0.1, -0.05) is 6.07 Å². The van der Waals surface area contributed by atoms with Gasteiger partial charge in [0.25, 0.3) is 0 Å². The molecule has 0 unspecified atom stereocenters. The molecule has 21 heavy (non-hydrogen) atoms. The topological polar surface area (TPSA) is 56.0 Å². The van der Waals surface area contributed by atoms with E-state index >= 15 is 0 Å². The van der Waals surface area contributed by atoms with Gasteiger partial charge in [-0.15, -0.1) is 10.2 Å². The SMILES string of the molecule is Brc1cnc2c(Sc3nnc4ccccn34)ccnc2c1. The number of hydrogen-bond acceptors (Lipinski definition) is 5. The minimum Gasteiger partial charge on any atom is -0.277 e. The number of rotatable bonds is 2. The maximum Gasteiger partial charge on any atom is 0.200 e. The van der Waals surface area contributed by atoms with Crippen molar-refractivity contribution in [3.63, 3.8) is 0 Å². The lowest BCUT2D eigenvalue weighted by Gasteiger charge is -2.04. The van der Waals surface area contributed by atoms with E-state index in [1.165, 1.54) is 11.8 Å². The highest BCUT2D eigenvalue weighted by atomic mass is 79.9. The Morgan fingerprint density at radius 1 is 1.10 bits per heavy atom. The van der Waals surface area contributed by atoms with Gasteiger partial charge in [0.15, 0.2) is 5.65 Å². The molecule has 4 heterocycles. The molecule has 0 radical (unpaired) electrons. The number of halogens is 1. The maximum absolute atomic E-state index is 4.45. The Hall–Kier alpha value is -1.99. The van der Waals surface area contributed by atoms with Crippen molar-refractivity contribution in [1.82, 2.24) is 24.6 Å². The van der Waals surface area contributed by atoms with Gasteiger partial charge >= 0.3 is 0 Å². The summed E-state index contributed by atoms with van der Waals surface area (Å²) in [6.45, 7) is 0. The third-order valence-electron chi connectivity index (χ3n) is 2.99. The summed E-state index contributed by atoms with van der Waals surface area (Å²) in [5, 5.41) is 9.20. The molecule has 0 amide bonds. The average Bonchev–Trinajstić information content (AvgIpc) is 2.91. The van der Waals surface area contributed by atoms with Crippen molar-refractivity contribution in [2.24, 2.45) is 0 Å². The molecule has 0 saturated carbocycles. The molecule has 0 bridgehead atoms. The minimum atomic E-state index is 0.808. The van der Waals surface area contributed by atoms with Crippen LogP contribution in [0.15, 0.2) is 63.4 Å². The van der Waals surface area contributed by atoms with E-state index in [4.69, 9.17) is 0 Å². The first-order valence-electron chi connectivity index (χ1n) is 6.19. The fourth-order valence-corrected chi connectivity index (χ4v) is 3.28. The molecule has 0 aliphatic rings. The fraction of sp³-hybridized carbons (Fsp3) is 0. The predicted molar refractivity (Wildman–Crippen MR) is 84.3 cm³/mol. The van der Waals surface area contributed by atoms with E-state index in [1.807, 2.05) is 40.9 Å². The number of aromatic nitrogens is 5. The zero-order chi connectivity index (χ0) is 14.2. The lowest BCUT2D eigenvalue weighted by Crippen LogP contribution is -1.89. The van der Waals surface area contributed by atoms with E-state index in [0.717, 1.165) is 31.2 Å². The molecular weight excluding hydrogens is 350 g/mol.